The molecular weight excluding hydrogens is 280 g/mol. The van der Waals surface area contributed by atoms with Crippen molar-refractivity contribution in [2.45, 2.75) is 19.4 Å². The molecule has 5 heteroatoms. The van der Waals surface area contributed by atoms with Gasteiger partial charge in [0.1, 0.15) is 0 Å². The standard InChI is InChI=1S/C17H20N2O3/c1-4-5-11-19-12(2)14(16(20)22-3)15(18-17(19)21)13-9-7-6-8-10-13/h4,6-10,15H,1,5,11H2,2-3H3,(H,18,21). The predicted octanol–water partition coefficient (Wildman–Crippen LogP) is 2.78. The van der Waals surface area contributed by atoms with Crippen LogP contribution in [0.2, 0.25) is 0 Å². The Bertz CT molecular complexity index is 608. The van der Waals surface area contributed by atoms with Gasteiger partial charge in [0.05, 0.1) is 18.7 Å². The molecule has 1 aromatic carbocycles. The fraction of sp³-hybridized carbons (Fsp3) is 0.294. The van der Waals surface area contributed by atoms with Crippen molar-refractivity contribution in [3.8, 4) is 0 Å². The number of hydrogen-bond acceptors (Lipinski definition) is 3. The number of methoxy groups -OCH3 is 1. The maximum absolute atomic E-state index is 12.3. The van der Waals surface area contributed by atoms with E-state index >= 15 is 0 Å². The third kappa shape index (κ3) is 3.03. The molecule has 1 unspecified atom stereocenters. The van der Waals surface area contributed by atoms with Crippen molar-refractivity contribution in [2.75, 3.05) is 13.7 Å². The van der Waals surface area contributed by atoms with Crippen LogP contribution in [0, 0.1) is 0 Å². The zero-order chi connectivity index (χ0) is 16.1. The van der Waals surface area contributed by atoms with E-state index in [1.165, 1.54) is 7.11 Å². The number of carbonyl (C=O) groups is 2. The molecule has 5 nitrogen and oxygen atoms in total. The Morgan fingerprint density at radius 3 is 2.68 bits per heavy atom. The summed E-state index contributed by atoms with van der Waals surface area (Å²) in [5.41, 5.74) is 1.92. The molecule has 1 aliphatic heterocycles. The van der Waals surface area contributed by atoms with E-state index in [1.807, 2.05) is 30.3 Å². The summed E-state index contributed by atoms with van der Waals surface area (Å²) in [5.74, 6) is -0.435. The first-order chi connectivity index (χ1) is 10.6. The molecule has 0 fully saturated rings. The Labute approximate surface area is 130 Å². The second-order valence-electron chi connectivity index (χ2n) is 5.01. The summed E-state index contributed by atoms with van der Waals surface area (Å²) in [7, 11) is 1.34. The molecule has 2 amide bonds. The minimum atomic E-state index is -0.499. The topological polar surface area (TPSA) is 58.6 Å². The lowest BCUT2D eigenvalue weighted by Crippen LogP contribution is -2.48. The van der Waals surface area contributed by atoms with Gasteiger partial charge >= 0.3 is 12.0 Å². The van der Waals surface area contributed by atoms with Crippen molar-refractivity contribution in [1.29, 1.82) is 0 Å². The molecule has 1 heterocycles. The van der Waals surface area contributed by atoms with Crippen molar-refractivity contribution >= 4 is 12.0 Å². The van der Waals surface area contributed by atoms with Gasteiger partial charge in [0.25, 0.3) is 0 Å². The van der Waals surface area contributed by atoms with Crippen LogP contribution in [0.5, 0.6) is 0 Å². The number of allylic oxidation sites excluding steroid dienone is 1. The number of esters is 1. The fourth-order valence-corrected chi connectivity index (χ4v) is 2.54. The fourth-order valence-electron chi connectivity index (χ4n) is 2.54. The quantitative estimate of drug-likeness (QED) is 0.672. The van der Waals surface area contributed by atoms with Crippen molar-refractivity contribution in [2.24, 2.45) is 0 Å². The lowest BCUT2D eigenvalue weighted by molar-refractivity contribution is -0.136. The van der Waals surface area contributed by atoms with E-state index in [0.717, 1.165) is 5.56 Å². The monoisotopic (exact) mass is 300 g/mol. The van der Waals surface area contributed by atoms with Gasteiger partial charge in [0, 0.05) is 12.2 Å². The highest BCUT2D eigenvalue weighted by Gasteiger charge is 2.35. The summed E-state index contributed by atoms with van der Waals surface area (Å²) in [6, 6.07) is 8.66. The van der Waals surface area contributed by atoms with Crippen molar-refractivity contribution in [3.63, 3.8) is 0 Å². The van der Waals surface area contributed by atoms with Crippen LogP contribution in [0.25, 0.3) is 0 Å². The summed E-state index contributed by atoms with van der Waals surface area (Å²) >= 11 is 0. The van der Waals surface area contributed by atoms with Crippen LogP contribution in [-0.2, 0) is 9.53 Å². The highest BCUT2D eigenvalue weighted by Crippen LogP contribution is 2.31. The summed E-state index contributed by atoms with van der Waals surface area (Å²) in [4.78, 5) is 26.1. The molecular formula is C17H20N2O3. The third-order valence-electron chi connectivity index (χ3n) is 3.69. The van der Waals surface area contributed by atoms with Crippen molar-refractivity contribution in [3.05, 3.63) is 59.8 Å². The van der Waals surface area contributed by atoms with E-state index in [4.69, 9.17) is 4.74 Å². The van der Waals surface area contributed by atoms with Crippen LogP contribution in [0.15, 0.2) is 54.3 Å². The van der Waals surface area contributed by atoms with E-state index < -0.39 is 12.0 Å². The molecule has 116 valence electrons. The van der Waals surface area contributed by atoms with Gasteiger partial charge in [-0.1, -0.05) is 36.4 Å². The molecule has 1 aromatic rings. The van der Waals surface area contributed by atoms with Gasteiger partial charge in [-0.05, 0) is 18.9 Å². The third-order valence-corrected chi connectivity index (χ3v) is 3.69. The number of amides is 2. The molecule has 22 heavy (non-hydrogen) atoms. The van der Waals surface area contributed by atoms with Crippen molar-refractivity contribution in [1.82, 2.24) is 10.2 Å². The number of nitrogens with one attached hydrogen (secondary N) is 1. The molecule has 0 aliphatic carbocycles. The van der Waals surface area contributed by atoms with Crippen LogP contribution >= 0.6 is 0 Å². The first-order valence-electron chi connectivity index (χ1n) is 7.13. The number of urea groups is 1. The molecule has 0 saturated heterocycles. The summed E-state index contributed by atoms with van der Waals surface area (Å²) in [6.45, 7) is 5.91. The van der Waals surface area contributed by atoms with E-state index in [1.54, 1.807) is 17.9 Å². The number of nitrogens with zero attached hydrogens (tertiary/aromatic N) is 1. The van der Waals surface area contributed by atoms with Gasteiger partial charge in [0.2, 0.25) is 0 Å². The summed E-state index contributed by atoms with van der Waals surface area (Å²) < 4.78 is 4.90. The Morgan fingerprint density at radius 1 is 1.41 bits per heavy atom. The van der Waals surface area contributed by atoms with E-state index in [0.29, 0.717) is 24.2 Å². The lowest BCUT2D eigenvalue weighted by Gasteiger charge is -2.35. The number of benzene rings is 1. The molecule has 2 rings (SSSR count). The Kier molecular flexibility index (Phi) is 4.99. The van der Waals surface area contributed by atoms with Crippen LogP contribution < -0.4 is 5.32 Å². The van der Waals surface area contributed by atoms with Crippen LogP contribution in [0.3, 0.4) is 0 Å². The van der Waals surface area contributed by atoms with Crippen LogP contribution in [0.1, 0.15) is 24.9 Å². The Hall–Kier alpha value is -2.56. The average molecular weight is 300 g/mol. The molecule has 0 aromatic heterocycles. The SMILES string of the molecule is C=CCCN1C(=O)NC(c2ccccc2)C(C(=O)OC)=C1C. The van der Waals surface area contributed by atoms with Gasteiger partial charge in [-0.25, -0.2) is 9.59 Å². The first kappa shape index (κ1) is 15.8. The first-order valence-corrected chi connectivity index (χ1v) is 7.13. The van der Waals surface area contributed by atoms with Crippen LogP contribution in [0.4, 0.5) is 4.79 Å². The second kappa shape index (κ2) is 6.93. The van der Waals surface area contributed by atoms with E-state index in [-0.39, 0.29) is 6.03 Å². The maximum atomic E-state index is 12.3. The van der Waals surface area contributed by atoms with Gasteiger partial charge in [-0.15, -0.1) is 6.58 Å². The molecule has 0 bridgehead atoms. The smallest absolute Gasteiger partial charge is 0.337 e. The minimum Gasteiger partial charge on any atom is -0.466 e. The average Bonchev–Trinajstić information content (AvgIpc) is 2.54. The molecule has 1 N–H and O–H groups in total. The maximum Gasteiger partial charge on any atom is 0.337 e. The number of hydrogen-bond donors (Lipinski definition) is 1. The molecule has 1 aliphatic rings. The molecule has 1 atom stereocenters. The number of rotatable bonds is 5. The van der Waals surface area contributed by atoms with Crippen LogP contribution in [-0.4, -0.2) is 30.6 Å². The highest BCUT2D eigenvalue weighted by molar-refractivity contribution is 5.94. The number of ether oxygens (including phenoxy) is 1. The van der Waals surface area contributed by atoms with Gasteiger partial charge in [0.15, 0.2) is 0 Å². The van der Waals surface area contributed by atoms with Crippen molar-refractivity contribution < 1.29 is 14.3 Å². The Balaban J connectivity index is 2.47. The van der Waals surface area contributed by atoms with Gasteiger partial charge in [-0.3, -0.25) is 4.90 Å². The van der Waals surface area contributed by atoms with Gasteiger partial charge < -0.3 is 10.1 Å². The minimum absolute atomic E-state index is 0.221. The van der Waals surface area contributed by atoms with E-state index in [9.17, 15) is 9.59 Å². The zero-order valence-electron chi connectivity index (χ0n) is 12.8. The Morgan fingerprint density at radius 2 is 2.09 bits per heavy atom. The second-order valence-corrected chi connectivity index (χ2v) is 5.01. The zero-order valence-corrected chi connectivity index (χ0v) is 12.8. The largest absolute Gasteiger partial charge is 0.466 e. The molecule has 0 saturated carbocycles. The highest BCUT2D eigenvalue weighted by atomic mass is 16.5. The predicted molar refractivity (Wildman–Crippen MR) is 84.0 cm³/mol. The van der Waals surface area contributed by atoms with Gasteiger partial charge in [-0.2, -0.15) is 0 Å². The summed E-state index contributed by atoms with van der Waals surface area (Å²) in [6.07, 6.45) is 2.39. The normalized spacial score (nSPS) is 18.0. The summed E-state index contributed by atoms with van der Waals surface area (Å²) in [5, 5.41) is 2.88. The van der Waals surface area contributed by atoms with E-state index in [2.05, 4.69) is 11.9 Å². The number of carbonyl (C=O) groups excluding carboxylic acids is 2. The lowest BCUT2D eigenvalue weighted by atomic mass is 9.95. The molecule has 0 radical (unpaired) electrons. The molecule has 0 spiro atoms.